The maximum absolute atomic E-state index is 5.53. The van der Waals surface area contributed by atoms with Crippen molar-refractivity contribution < 1.29 is 4.74 Å². The Labute approximate surface area is 143 Å². The van der Waals surface area contributed by atoms with Gasteiger partial charge < -0.3 is 15.4 Å². The Balaban J connectivity index is 0.00000161. The zero-order chi connectivity index (χ0) is 13.8. The topological polar surface area (TPSA) is 45.7 Å². The van der Waals surface area contributed by atoms with E-state index in [9.17, 15) is 0 Å². The molecule has 1 fully saturated rings. The predicted molar refractivity (Wildman–Crippen MR) is 96.8 cm³/mol. The fraction of sp³-hybridized carbons (Fsp3) is 0.562. The van der Waals surface area contributed by atoms with E-state index in [2.05, 4.69) is 33.8 Å². The zero-order valence-corrected chi connectivity index (χ0v) is 14.9. The lowest BCUT2D eigenvalue weighted by Crippen LogP contribution is -2.39. The van der Waals surface area contributed by atoms with Gasteiger partial charge in [0.25, 0.3) is 0 Å². The molecule has 116 valence electrons. The molecule has 1 heterocycles. The summed E-state index contributed by atoms with van der Waals surface area (Å²) in [5, 5.41) is 6.75. The number of hydrogen-bond acceptors (Lipinski definition) is 2. The van der Waals surface area contributed by atoms with Crippen LogP contribution in [0.1, 0.15) is 24.0 Å². The first kappa shape index (κ1) is 16.4. The number of benzene rings is 1. The van der Waals surface area contributed by atoms with Crippen LogP contribution in [0.2, 0.25) is 0 Å². The monoisotopic (exact) mass is 401 g/mol. The van der Waals surface area contributed by atoms with Crippen LogP contribution in [0.25, 0.3) is 0 Å². The van der Waals surface area contributed by atoms with Crippen LogP contribution in [0.4, 0.5) is 0 Å². The number of hydrogen-bond donors (Lipinski definition) is 2. The average molecular weight is 401 g/mol. The number of nitrogens with one attached hydrogen (secondary N) is 2. The smallest absolute Gasteiger partial charge is 0.190 e. The molecule has 1 aromatic rings. The van der Waals surface area contributed by atoms with E-state index >= 15 is 0 Å². The normalized spacial score (nSPS) is 16.7. The molecule has 0 amide bonds. The molecule has 5 heteroatoms. The second-order valence-corrected chi connectivity index (χ2v) is 5.61. The van der Waals surface area contributed by atoms with E-state index in [0.29, 0.717) is 0 Å². The van der Waals surface area contributed by atoms with Crippen molar-refractivity contribution in [2.75, 3.05) is 26.7 Å². The van der Waals surface area contributed by atoms with Gasteiger partial charge in [0.1, 0.15) is 5.75 Å². The van der Waals surface area contributed by atoms with Gasteiger partial charge in [0.2, 0.25) is 0 Å². The van der Waals surface area contributed by atoms with Crippen LogP contribution in [0, 0.1) is 5.92 Å². The van der Waals surface area contributed by atoms with Gasteiger partial charge in [0, 0.05) is 26.6 Å². The molecule has 0 radical (unpaired) electrons. The lowest BCUT2D eigenvalue weighted by Gasteiger charge is -2.11. The zero-order valence-electron chi connectivity index (χ0n) is 12.5. The highest BCUT2D eigenvalue weighted by molar-refractivity contribution is 14.0. The van der Waals surface area contributed by atoms with Crippen molar-refractivity contribution in [3.05, 3.63) is 29.3 Å². The van der Waals surface area contributed by atoms with Crippen molar-refractivity contribution in [1.82, 2.24) is 10.6 Å². The summed E-state index contributed by atoms with van der Waals surface area (Å²) in [6, 6.07) is 6.52. The van der Waals surface area contributed by atoms with Gasteiger partial charge in [-0.15, -0.1) is 24.0 Å². The number of guanidine groups is 1. The first-order valence-corrected chi connectivity index (χ1v) is 7.54. The third-order valence-electron chi connectivity index (χ3n) is 3.94. The Kier molecular flexibility index (Phi) is 6.14. The summed E-state index contributed by atoms with van der Waals surface area (Å²) in [7, 11) is 1.83. The SMILES string of the molecule is CN=C(NCCc1ccc2c(c1)CCO2)NCC1CC1.I. The number of halogens is 1. The van der Waals surface area contributed by atoms with E-state index in [1.165, 1.54) is 24.0 Å². The third kappa shape index (κ3) is 4.76. The van der Waals surface area contributed by atoms with Gasteiger partial charge in [-0.3, -0.25) is 4.99 Å². The minimum Gasteiger partial charge on any atom is -0.493 e. The summed E-state index contributed by atoms with van der Waals surface area (Å²) in [6.45, 7) is 2.79. The molecule has 2 aliphatic rings. The summed E-state index contributed by atoms with van der Waals surface area (Å²) in [5.74, 6) is 2.84. The van der Waals surface area contributed by atoms with E-state index in [1.807, 2.05) is 7.05 Å². The molecule has 1 saturated carbocycles. The minimum atomic E-state index is 0. The van der Waals surface area contributed by atoms with Crippen LogP contribution in [-0.2, 0) is 12.8 Å². The van der Waals surface area contributed by atoms with Crippen molar-refractivity contribution in [2.45, 2.75) is 25.7 Å². The molecular weight excluding hydrogens is 377 g/mol. The summed E-state index contributed by atoms with van der Waals surface area (Å²) in [5.41, 5.74) is 2.71. The van der Waals surface area contributed by atoms with Crippen LogP contribution in [0.15, 0.2) is 23.2 Å². The quantitative estimate of drug-likeness (QED) is 0.453. The molecule has 1 aromatic carbocycles. The maximum Gasteiger partial charge on any atom is 0.190 e. The van der Waals surface area contributed by atoms with Gasteiger partial charge in [-0.2, -0.15) is 0 Å². The average Bonchev–Trinajstić information content (AvgIpc) is 3.18. The number of fused-ring (bicyclic) bond motifs is 1. The van der Waals surface area contributed by atoms with E-state index in [0.717, 1.165) is 50.2 Å². The van der Waals surface area contributed by atoms with Crippen molar-refractivity contribution in [3.8, 4) is 5.75 Å². The van der Waals surface area contributed by atoms with Crippen molar-refractivity contribution in [2.24, 2.45) is 10.9 Å². The highest BCUT2D eigenvalue weighted by atomic mass is 127. The Bertz CT molecular complexity index is 500. The molecule has 0 aromatic heterocycles. The van der Waals surface area contributed by atoms with Gasteiger partial charge in [-0.05, 0) is 42.4 Å². The molecule has 0 saturated heterocycles. The van der Waals surface area contributed by atoms with Crippen LogP contribution in [-0.4, -0.2) is 32.7 Å². The van der Waals surface area contributed by atoms with Gasteiger partial charge >= 0.3 is 0 Å². The second-order valence-electron chi connectivity index (χ2n) is 5.61. The first-order chi connectivity index (χ1) is 9.85. The standard InChI is InChI=1S/C16H23N3O.HI/c1-17-16(19-11-13-2-3-13)18-8-6-12-4-5-15-14(10-12)7-9-20-15;/h4-5,10,13H,2-3,6-9,11H2,1H3,(H2,17,18,19);1H. The van der Waals surface area contributed by atoms with Crippen LogP contribution < -0.4 is 15.4 Å². The summed E-state index contributed by atoms with van der Waals surface area (Å²) < 4.78 is 5.53. The van der Waals surface area contributed by atoms with Crippen LogP contribution in [0.3, 0.4) is 0 Å². The third-order valence-corrected chi connectivity index (χ3v) is 3.94. The summed E-state index contributed by atoms with van der Waals surface area (Å²) in [4.78, 5) is 4.25. The predicted octanol–water partition coefficient (Wildman–Crippen LogP) is 2.36. The molecule has 1 aliphatic heterocycles. The van der Waals surface area contributed by atoms with Crippen molar-refractivity contribution >= 4 is 29.9 Å². The van der Waals surface area contributed by atoms with Crippen LogP contribution >= 0.6 is 24.0 Å². The highest BCUT2D eigenvalue weighted by Gasteiger charge is 2.21. The lowest BCUT2D eigenvalue weighted by molar-refractivity contribution is 0.357. The van der Waals surface area contributed by atoms with E-state index in [-0.39, 0.29) is 24.0 Å². The fourth-order valence-corrected chi connectivity index (χ4v) is 2.50. The van der Waals surface area contributed by atoms with Crippen LogP contribution in [0.5, 0.6) is 5.75 Å². The Morgan fingerprint density at radius 1 is 1.33 bits per heavy atom. The largest absolute Gasteiger partial charge is 0.493 e. The second kappa shape index (κ2) is 7.87. The molecule has 0 spiro atoms. The van der Waals surface area contributed by atoms with Gasteiger partial charge in [-0.25, -0.2) is 0 Å². The molecule has 0 unspecified atom stereocenters. The summed E-state index contributed by atoms with van der Waals surface area (Å²) in [6.07, 6.45) is 4.78. The molecule has 0 atom stereocenters. The van der Waals surface area contributed by atoms with Gasteiger partial charge in [-0.1, -0.05) is 12.1 Å². The molecule has 4 nitrogen and oxygen atoms in total. The number of aliphatic imine (C=N–C) groups is 1. The molecule has 3 rings (SSSR count). The summed E-state index contributed by atoms with van der Waals surface area (Å²) >= 11 is 0. The molecule has 0 bridgehead atoms. The Morgan fingerprint density at radius 3 is 2.95 bits per heavy atom. The van der Waals surface area contributed by atoms with Crippen molar-refractivity contribution in [1.29, 1.82) is 0 Å². The Hall–Kier alpha value is -0.980. The fourth-order valence-electron chi connectivity index (χ4n) is 2.50. The maximum atomic E-state index is 5.53. The number of ether oxygens (including phenoxy) is 1. The molecule has 21 heavy (non-hydrogen) atoms. The van der Waals surface area contributed by atoms with E-state index < -0.39 is 0 Å². The lowest BCUT2D eigenvalue weighted by atomic mass is 10.1. The molecule has 2 N–H and O–H groups in total. The van der Waals surface area contributed by atoms with E-state index in [1.54, 1.807) is 0 Å². The van der Waals surface area contributed by atoms with Gasteiger partial charge in [0.05, 0.1) is 6.61 Å². The Morgan fingerprint density at radius 2 is 2.19 bits per heavy atom. The first-order valence-electron chi connectivity index (χ1n) is 7.54. The van der Waals surface area contributed by atoms with Gasteiger partial charge in [0.15, 0.2) is 5.96 Å². The molecule has 1 aliphatic carbocycles. The number of rotatable bonds is 5. The highest BCUT2D eigenvalue weighted by Crippen LogP contribution is 2.27. The number of nitrogens with zero attached hydrogens (tertiary/aromatic N) is 1. The van der Waals surface area contributed by atoms with E-state index in [4.69, 9.17) is 4.74 Å². The van der Waals surface area contributed by atoms with Crippen molar-refractivity contribution in [3.63, 3.8) is 0 Å². The minimum absolute atomic E-state index is 0. The molecular formula is C16H24IN3O.